The average molecular weight is 226 g/mol. The van der Waals surface area contributed by atoms with E-state index in [-0.39, 0.29) is 11.7 Å². The monoisotopic (exact) mass is 226 g/mol. The predicted octanol–water partition coefficient (Wildman–Crippen LogP) is 3.19. The zero-order valence-corrected chi connectivity index (χ0v) is 10.5. The van der Waals surface area contributed by atoms with E-state index in [1.807, 2.05) is 13.8 Å². The van der Waals surface area contributed by atoms with Gasteiger partial charge in [0, 0.05) is 11.6 Å². The lowest BCUT2D eigenvalue weighted by molar-refractivity contribution is 0.0754. The highest BCUT2D eigenvalue weighted by molar-refractivity contribution is 5.42. The first-order valence-corrected chi connectivity index (χ1v) is 5.37. The van der Waals surface area contributed by atoms with Gasteiger partial charge in [-0.3, -0.25) is 0 Å². The minimum Gasteiger partial charge on any atom is -0.496 e. The first kappa shape index (κ1) is 13.0. The molecule has 0 aromatic heterocycles. The number of halogens is 1. The lowest BCUT2D eigenvalue weighted by Gasteiger charge is -2.23. The third kappa shape index (κ3) is 2.53. The van der Waals surface area contributed by atoms with Crippen LogP contribution in [0.15, 0.2) is 12.1 Å². The van der Waals surface area contributed by atoms with E-state index in [2.05, 4.69) is 0 Å². The van der Waals surface area contributed by atoms with Crippen molar-refractivity contribution in [2.45, 2.75) is 39.2 Å². The van der Waals surface area contributed by atoms with E-state index in [9.17, 15) is 9.50 Å². The summed E-state index contributed by atoms with van der Waals surface area (Å²) in [6.45, 7) is 7.15. The van der Waals surface area contributed by atoms with Crippen LogP contribution in [-0.2, 0) is 5.60 Å². The van der Waals surface area contributed by atoms with Crippen LogP contribution in [0.1, 0.15) is 44.7 Å². The zero-order chi connectivity index (χ0) is 12.5. The van der Waals surface area contributed by atoms with Gasteiger partial charge in [-0.05, 0) is 31.4 Å². The van der Waals surface area contributed by atoms with Gasteiger partial charge in [0.15, 0.2) is 0 Å². The van der Waals surface area contributed by atoms with E-state index in [1.165, 1.54) is 13.2 Å². The Kier molecular flexibility index (Phi) is 3.58. The van der Waals surface area contributed by atoms with Crippen molar-refractivity contribution in [2.75, 3.05) is 7.11 Å². The van der Waals surface area contributed by atoms with Gasteiger partial charge in [-0.15, -0.1) is 0 Å². The smallest absolute Gasteiger partial charge is 0.130 e. The fraction of sp³-hybridized carbons (Fsp3) is 0.538. The normalized spacial score (nSPS) is 12.0. The Balaban J connectivity index is 3.41. The minimum atomic E-state index is -1.04. The van der Waals surface area contributed by atoms with Crippen LogP contribution < -0.4 is 4.74 Å². The van der Waals surface area contributed by atoms with Crippen LogP contribution in [0, 0.1) is 5.82 Å². The van der Waals surface area contributed by atoms with Gasteiger partial charge in [0.2, 0.25) is 0 Å². The summed E-state index contributed by atoms with van der Waals surface area (Å²) in [4.78, 5) is 0. The van der Waals surface area contributed by atoms with Crippen LogP contribution in [0.3, 0.4) is 0 Å². The van der Waals surface area contributed by atoms with Gasteiger partial charge in [0.1, 0.15) is 11.6 Å². The highest BCUT2D eigenvalue weighted by atomic mass is 19.1. The molecule has 0 heterocycles. The lowest BCUT2D eigenvalue weighted by Crippen LogP contribution is -2.18. The van der Waals surface area contributed by atoms with Crippen molar-refractivity contribution in [1.82, 2.24) is 0 Å². The molecular weight excluding hydrogens is 207 g/mol. The summed E-state index contributed by atoms with van der Waals surface area (Å²) in [5.74, 6) is 0.168. The molecule has 1 aromatic rings. The molecule has 1 rings (SSSR count). The standard InChI is InChI=1S/C13H19FO2/c1-8(2)9-6-10(13(3,4)15)12(16-5)7-11(9)14/h6-8,15H,1-5H3. The molecule has 3 heteroatoms. The van der Waals surface area contributed by atoms with Crippen molar-refractivity contribution < 1.29 is 14.2 Å². The van der Waals surface area contributed by atoms with Crippen LogP contribution in [0.5, 0.6) is 5.75 Å². The number of methoxy groups -OCH3 is 1. The Morgan fingerprint density at radius 2 is 1.88 bits per heavy atom. The molecule has 0 unspecified atom stereocenters. The second-order valence-electron chi connectivity index (χ2n) is 4.79. The Bertz CT molecular complexity index is 378. The number of hydrogen-bond acceptors (Lipinski definition) is 2. The van der Waals surface area contributed by atoms with Gasteiger partial charge in [0.05, 0.1) is 12.7 Å². The number of ether oxygens (including phenoxy) is 1. The van der Waals surface area contributed by atoms with Crippen LogP contribution in [0.4, 0.5) is 4.39 Å². The number of aliphatic hydroxyl groups is 1. The maximum absolute atomic E-state index is 13.7. The van der Waals surface area contributed by atoms with E-state index in [4.69, 9.17) is 4.74 Å². The second kappa shape index (κ2) is 4.42. The highest BCUT2D eigenvalue weighted by Gasteiger charge is 2.23. The van der Waals surface area contributed by atoms with Crippen LogP contribution in [-0.4, -0.2) is 12.2 Å². The molecule has 16 heavy (non-hydrogen) atoms. The van der Waals surface area contributed by atoms with Crippen LogP contribution in [0.25, 0.3) is 0 Å². The molecule has 0 aliphatic rings. The second-order valence-corrected chi connectivity index (χ2v) is 4.79. The van der Waals surface area contributed by atoms with Crippen molar-refractivity contribution >= 4 is 0 Å². The van der Waals surface area contributed by atoms with Gasteiger partial charge in [-0.25, -0.2) is 4.39 Å². The molecule has 0 aliphatic heterocycles. The Morgan fingerprint density at radius 3 is 2.25 bits per heavy atom. The summed E-state index contributed by atoms with van der Waals surface area (Å²) >= 11 is 0. The van der Waals surface area contributed by atoms with Crippen molar-refractivity contribution in [3.8, 4) is 5.75 Å². The molecule has 0 fully saturated rings. The van der Waals surface area contributed by atoms with Crippen LogP contribution >= 0.6 is 0 Å². The van der Waals surface area contributed by atoms with Gasteiger partial charge in [-0.2, -0.15) is 0 Å². The molecule has 2 nitrogen and oxygen atoms in total. The Morgan fingerprint density at radius 1 is 1.31 bits per heavy atom. The van der Waals surface area contributed by atoms with E-state index >= 15 is 0 Å². The maximum Gasteiger partial charge on any atom is 0.130 e. The number of hydrogen-bond donors (Lipinski definition) is 1. The first-order chi connectivity index (χ1) is 7.27. The van der Waals surface area contributed by atoms with Gasteiger partial charge >= 0.3 is 0 Å². The highest BCUT2D eigenvalue weighted by Crippen LogP contribution is 2.34. The maximum atomic E-state index is 13.7. The summed E-state index contributed by atoms with van der Waals surface area (Å²) in [6, 6.07) is 3.02. The third-order valence-electron chi connectivity index (χ3n) is 2.60. The van der Waals surface area contributed by atoms with Gasteiger partial charge in [0.25, 0.3) is 0 Å². The molecule has 90 valence electrons. The summed E-state index contributed by atoms with van der Waals surface area (Å²) < 4.78 is 18.8. The van der Waals surface area contributed by atoms with E-state index in [1.54, 1.807) is 19.9 Å². The first-order valence-electron chi connectivity index (χ1n) is 5.37. The molecule has 0 spiro atoms. The quantitative estimate of drug-likeness (QED) is 0.857. The number of benzene rings is 1. The topological polar surface area (TPSA) is 29.5 Å². The molecular formula is C13H19FO2. The zero-order valence-electron chi connectivity index (χ0n) is 10.5. The SMILES string of the molecule is COc1cc(F)c(C(C)C)cc1C(C)(C)O. The van der Waals surface area contributed by atoms with E-state index in [0.29, 0.717) is 16.9 Å². The molecule has 0 bridgehead atoms. The molecule has 0 saturated heterocycles. The number of rotatable bonds is 3. The van der Waals surface area contributed by atoms with Crippen molar-refractivity contribution in [3.63, 3.8) is 0 Å². The Labute approximate surface area is 96.1 Å². The molecule has 1 aromatic carbocycles. The van der Waals surface area contributed by atoms with Gasteiger partial charge in [-0.1, -0.05) is 13.8 Å². The predicted molar refractivity (Wildman–Crippen MR) is 62.3 cm³/mol. The minimum absolute atomic E-state index is 0.0759. The molecule has 1 N–H and O–H groups in total. The average Bonchev–Trinajstić information content (AvgIpc) is 2.14. The lowest BCUT2D eigenvalue weighted by atomic mass is 9.91. The van der Waals surface area contributed by atoms with E-state index < -0.39 is 5.60 Å². The largest absolute Gasteiger partial charge is 0.496 e. The summed E-state index contributed by atoms with van der Waals surface area (Å²) in [5, 5.41) is 10.00. The summed E-state index contributed by atoms with van der Waals surface area (Å²) in [7, 11) is 1.47. The fourth-order valence-electron chi connectivity index (χ4n) is 1.66. The molecule has 0 amide bonds. The summed E-state index contributed by atoms with van der Waals surface area (Å²) in [5.41, 5.74) is 0.168. The molecule has 0 radical (unpaired) electrons. The van der Waals surface area contributed by atoms with Crippen molar-refractivity contribution in [1.29, 1.82) is 0 Å². The third-order valence-corrected chi connectivity index (χ3v) is 2.60. The van der Waals surface area contributed by atoms with Gasteiger partial charge < -0.3 is 9.84 Å². The molecule has 0 saturated carbocycles. The van der Waals surface area contributed by atoms with Crippen molar-refractivity contribution in [3.05, 3.63) is 29.1 Å². The van der Waals surface area contributed by atoms with Crippen molar-refractivity contribution in [2.24, 2.45) is 0 Å². The fourth-order valence-corrected chi connectivity index (χ4v) is 1.66. The Hall–Kier alpha value is -1.09. The summed E-state index contributed by atoms with van der Waals surface area (Å²) in [6.07, 6.45) is 0. The van der Waals surface area contributed by atoms with Crippen LogP contribution in [0.2, 0.25) is 0 Å². The molecule has 0 aliphatic carbocycles. The van der Waals surface area contributed by atoms with E-state index in [0.717, 1.165) is 0 Å². The molecule has 0 atom stereocenters.